The summed E-state index contributed by atoms with van der Waals surface area (Å²) in [5, 5.41) is 0. The molecule has 0 aromatic carbocycles. The smallest absolute Gasteiger partial charge is 0.377 e. The Morgan fingerprint density at radius 1 is 0.203 bits per heavy atom. The van der Waals surface area contributed by atoms with Gasteiger partial charge in [0.05, 0.1) is 16.1 Å². The van der Waals surface area contributed by atoms with Crippen LogP contribution < -0.4 is 0 Å². The van der Waals surface area contributed by atoms with E-state index in [4.69, 9.17) is 79.7 Å². The highest BCUT2D eigenvalue weighted by atomic mass is 28.4. The fourth-order valence-corrected chi connectivity index (χ4v) is 33.5. The monoisotopic (exact) mass is 1130 g/mol. The molecule has 1 atom stereocenters. The van der Waals surface area contributed by atoms with Gasteiger partial charge < -0.3 is 79.7 Å². The molecule has 0 spiro atoms. The molecule has 69 heavy (non-hydrogen) atoms. The minimum absolute atomic E-state index is 0.534. The largest absolute Gasteiger partial charge is 0.500 e. The molecular weight excluding hydrogens is 1030 g/mol. The molecular formula is C43H104O18Si8. The lowest BCUT2D eigenvalue weighted by Crippen LogP contribution is -2.45. The van der Waals surface area contributed by atoms with Gasteiger partial charge in [-0.2, -0.15) is 0 Å². The van der Waals surface area contributed by atoms with Crippen molar-refractivity contribution in [2.24, 2.45) is 5.92 Å². The molecule has 0 rings (SSSR count). The van der Waals surface area contributed by atoms with Gasteiger partial charge in [0.15, 0.2) is 0 Å². The molecule has 0 aromatic rings. The lowest BCUT2D eigenvalue weighted by molar-refractivity contribution is 0.122. The van der Waals surface area contributed by atoms with Gasteiger partial charge in [0, 0.05) is 164 Å². The van der Waals surface area contributed by atoms with E-state index in [1.165, 1.54) is 12.1 Å². The summed E-state index contributed by atoms with van der Waals surface area (Å²) in [5.41, 5.74) is 0. The molecule has 0 aliphatic heterocycles. The zero-order chi connectivity index (χ0) is 52.6. The van der Waals surface area contributed by atoms with Crippen LogP contribution in [0.25, 0.3) is 0 Å². The van der Waals surface area contributed by atoms with Crippen LogP contribution in [0.2, 0.25) is 84.6 Å². The van der Waals surface area contributed by atoms with Gasteiger partial charge in [-0.05, 0) is 5.92 Å². The van der Waals surface area contributed by atoms with Crippen molar-refractivity contribution in [1.82, 2.24) is 0 Å². The molecule has 0 heterocycles. The van der Waals surface area contributed by atoms with E-state index in [-0.39, 0.29) is 0 Å². The molecule has 0 bridgehead atoms. The molecule has 0 fully saturated rings. The van der Waals surface area contributed by atoms with E-state index in [9.17, 15) is 0 Å². The van der Waals surface area contributed by atoms with Crippen molar-refractivity contribution in [1.29, 1.82) is 0 Å². The van der Waals surface area contributed by atoms with E-state index < -0.39 is 69.0 Å². The van der Waals surface area contributed by atoms with Crippen LogP contribution in [0, 0.1) is 5.92 Å². The first-order valence-corrected chi connectivity index (χ1v) is 42.1. The molecule has 0 radical (unpaired) electrons. The van der Waals surface area contributed by atoms with Crippen LogP contribution in [-0.2, 0) is 79.7 Å². The van der Waals surface area contributed by atoms with Gasteiger partial charge in [0.25, 0.3) is 0 Å². The summed E-state index contributed by atoms with van der Waals surface area (Å²) >= 11 is 0. The van der Waals surface area contributed by atoms with Crippen LogP contribution in [0.15, 0.2) is 0 Å². The van der Waals surface area contributed by atoms with Crippen LogP contribution in [-0.4, -0.2) is 197 Å². The topological polar surface area (TPSA) is 166 Å². The van der Waals surface area contributed by atoms with Crippen molar-refractivity contribution < 1.29 is 79.7 Å². The number of hydrogen-bond donors (Lipinski definition) is 0. The van der Waals surface area contributed by atoms with E-state index in [0.29, 0.717) is 5.92 Å². The predicted octanol–water partition coefficient (Wildman–Crippen LogP) is 9.30. The second-order valence-electron chi connectivity index (χ2n) is 18.4. The average Bonchev–Trinajstić information content (AvgIpc) is 3.39. The van der Waals surface area contributed by atoms with Crippen molar-refractivity contribution >= 4 is 69.0 Å². The molecule has 0 saturated heterocycles. The van der Waals surface area contributed by atoms with Gasteiger partial charge in [-0.1, -0.05) is 113 Å². The summed E-state index contributed by atoms with van der Waals surface area (Å²) in [6, 6.07) is 13.8. The summed E-state index contributed by atoms with van der Waals surface area (Å²) in [6.07, 6.45) is 9.28. The highest BCUT2D eigenvalue weighted by Crippen LogP contribution is 2.41. The highest BCUT2D eigenvalue weighted by molar-refractivity contribution is 6.81. The summed E-state index contributed by atoms with van der Waals surface area (Å²) in [7, 11) is 10.00. The Labute approximate surface area is 429 Å². The molecule has 0 N–H and O–H groups in total. The van der Waals surface area contributed by atoms with Gasteiger partial charge in [0.2, 0.25) is 0 Å². The molecule has 0 saturated carbocycles. The molecule has 0 aromatic heterocycles. The Kier molecular flexibility index (Phi) is 37.4. The molecule has 416 valence electrons. The standard InChI is InChI=1S/C43H104O18Si8/c1-43(28-42-63(33-24-39-67(53-11,54-12)55-13,34-25-40-68(56-14,57-15)58-16)35-26-41-69(59-17,60-18)61-19)27-20-29-62(30-21-36-64(44-2,45-3)46-4,31-22-37-65(47-5,48-6)49-7)32-23-38-66(50-8,51-9)52-10/h43H,20-42H2,1-19H3. The Bertz CT molecular complexity index is 1070. The summed E-state index contributed by atoms with van der Waals surface area (Å²) in [5.74, 6) is 0.534. The first kappa shape index (κ1) is 70.0. The molecule has 18 nitrogen and oxygen atoms in total. The van der Waals surface area contributed by atoms with E-state index in [2.05, 4.69) is 6.92 Å². The van der Waals surface area contributed by atoms with Crippen LogP contribution in [0.5, 0.6) is 0 Å². The first-order valence-electron chi connectivity index (χ1n) is 24.9. The van der Waals surface area contributed by atoms with E-state index in [0.717, 1.165) is 130 Å². The fourth-order valence-electron chi connectivity index (χ4n) is 10.4. The second kappa shape index (κ2) is 36.9. The fraction of sp³-hybridized carbons (Fsp3) is 1.00. The Hall–Kier alpha value is 1.02. The van der Waals surface area contributed by atoms with Gasteiger partial charge >= 0.3 is 52.8 Å². The molecule has 26 heteroatoms. The minimum atomic E-state index is -2.77. The minimum Gasteiger partial charge on any atom is -0.377 e. The Balaban J connectivity index is 7.01. The number of rotatable bonds is 49. The van der Waals surface area contributed by atoms with Gasteiger partial charge in [-0.15, -0.1) is 0 Å². The maximum absolute atomic E-state index is 5.91. The summed E-state index contributed by atoms with van der Waals surface area (Å²) in [6.45, 7) is 2.46. The normalized spacial score (nSPS) is 14.3. The van der Waals surface area contributed by atoms with Crippen LogP contribution >= 0.6 is 0 Å². The van der Waals surface area contributed by atoms with Crippen molar-refractivity contribution in [3.63, 3.8) is 0 Å². The molecule has 0 aliphatic carbocycles. The zero-order valence-corrected chi connectivity index (χ0v) is 55.2. The molecule has 1 unspecified atom stereocenters. The van der Waals surface area contributed by atoms with Crippen LogP contribution in [0.1, 0.15) is 64.7 Å². The van der Waals surface area contributed by atoms with E-state index >= 15 is 0 Å². The Morgan fingerprint density at radius 3 is 0.536 bits per heavy atom. The second-order valence-corrected chi connectivity index (χ2v) is 47.0. The third kappa shape index (κ3) is 23.0. The summed E-state index contributed by atoms with van der Waals surface area (Å²) < 4.78 is 106. The SMILES string of the molecule is CO[Si](CCC[Si](CCCC(C)CC[Si](CCC[Si](OC)(OC)OC)(CCC[Si](OC)(OC)OC)CCC[Si](OC)(OC)OC)(CCC[Si](OC)(OC)OC)CCC[Si](OC)(OC)OC)(OC)OC. The average molecular weight is 1130 g/mol. The van der Waals surface area contributed by atoms with Crippen molar-refractivity contribution in [3.05, 3.63) is 0 Å². The van der Waals surface area contributed by atoms with Crippen molar-refractivity contribution in [2.45, 2.75) is 149 Å². The maximum Gasteiger partial charge on any atom is 0.500 e. The molecule has 0 amide bonds. The summed E-state index contributed by atoms with van der Waals surface area (Å²) in [4.78, 5) is 0. The molecule has 0 aliphatic rings. The number of hydrogen-bond acceptors (Lipinski definition) is 18. The van der Waals surface area contributed by atoms with Gasteiger partial charge in [-0.25, -0.2) is 0 Å². The van der Waals surface area contributed by atoms with Gasteiger partial charge in [0.1, 0.15) is 0 Å². The van der Waals surface area contributed by atoms with Crippen molar-refractivity contribution in [2.75, 3.05) is 128 Å². The van der Waals surface area contributed by atoms with Crippen LogP contribution in [0.4, 0.5) is 0 Å². The third-order valence-corrected chi connectivity index (χ3v) is 43.6. The zero-order valence-electron chi connectivity index (χ0n) is 47.2. The van der Waals surface area contributed by atoms with Crippen molar-refractivity contribution in [3.8, 4) is 0 Å². The van der Waals surface area contributed by atoms with Gasteiger partial charge in [-0.3, -0.25) is 0 Å². The lowest BCUT2D eigenvalue weighted by atomic mass is 10.0. The van der Waals surface area contributed by atoms with E-state index in [1.54, 1.807) is 128 Å². The maximum atomic E-state index is 5.91. The third-order valence-electron chi connectivity index (χ3n) is 15.3. The lowest BCUT2D eigenvalue weighted by Gasteiger charge is -2.37. The Morgan fingerprint density at radius 2 is 0.362 bits per heavy atom. The predicted molar refractivity (Wildman–Crippen MR) is 290 cm³/mol. The van der Waals surface area contributed by atoms with E-state index in [1.807, 2.05) is 0 Å². The van der Waals surface area contributed by atoms with Crippen LogP contribution in [0.3, 0.4) is 0 Å². The first-order chi connectivity index (χ1) is 32.9. The highest BCUT2D eigenvalue weighted by Gasteiger charge is 2.46. The quantitative estimate of drug-likeness (QED) is 0.0529.